The number of nitrogens with one attached hydrogen (secondary N) is 1. The minimum atomic E-state index is -3.69. The molecule has 25 heavy (non-hydrogen) atoms. The number of likely N-dealkylation sites (tertiary alicyclic amines) is 1. The molecule has 0 aromatic heterocycles. The van der Waals surface area contributed by atoms with Gasteiger partial charge in [-0.05, 0) is 38.5 Å². The average molecular weight is 480 g/mol. The van der Waals surface area contributed by atoms with Crippen LogP contribution < -0.4 is 10.5 Å². The first-order valence-electron chi connectivity index (χ1n) is 8.17. The molecule has 0 aliphatic carbocycles. The van der Waals surface area contributed by atoms with Crippen LogP contribution in [0.4, 0.5) is 0 Å². The highest BCUT2D eigenvalue weighted by Gasteiger charge is 2.53. The zero-order valence-electron chi connectivity index (χ0n) is 15.5. The summed E-state index contributed by atoms with van der Waals surface area (Å²) < 4.78 is 22.9. The fraction of sp³-hybridized carbons (Fsp3) is 0.588. The molecule has 2 rings (SSSR count). The van der Waals surface area contributed by atoms with Gasteiger partial charge in [-0.2, -0.15) is 0 Å². The molecular weight excluding hydrogens is 451 g/mol. The van der Waals surface area contributed by atoms with Gasteiger partial charge in [0.15, 0.2) is 5.96 Å². The van der Waals surface area contributed by atoms with Crippen molar-refractivity contribution in [1.82, 2.24) is 10.2 Å². The summed E-state index contributed by atoms with van der Waals surface area (Å²) in [5, 5.41) is 8.52. The van der Waals surface area contributed by atoms with Gasteiger partial charge in [0.05, 0.1) is 11.4 Å². The lowest BCUT2D eigenvalue weighted by Gasteiger charge is -2.62. The number of primary sulfonamides is 1. The monoisotopic (exact) mass is 480 g/mol. The Labute approximate surface area is 168 Å². The van der Waals surface area contributed by atoms with Crippen LogP contribution in [0.25, 0.3) is 0 Å². The van der Waals surface area contributed by atoms with Gasteiger partial charge >= 0.3 is 0 Å². The van der Waals surface area contributed by atoms with Crippen LogP contribution in [0, 0.1) is 5.41 Å². The number of hydrogen-bond acceptors (Lipinski definition) is 3. The van der Waals surface area contributed by atoms with E-state index in [1.54, 1.807) is 12.1 Å². The van der Waals surface area contributed by atoms with E-state index in [-0.39, 0.29) is 39.8 Å². The molecule has 1 fully saturated rings. The van der Waals surface area contributed by atoms with Crippen molar-refractivity contribution in [3.05, 3.63) is 29.8 Å². The predicted octanol–water partition coefficient (Wildman–Crippen LogP) is 2.54. The van der Waals surface area contributed by atoms with E-state index in [0.29, 0.717) is 6.54 Å². The molecule has 0 spiro atoms. The van der Waals surface area contributed by atoms with E-state index < -0.39 is 10.0 Å². The Morgan fingerprint density at radius 2 is 1.96 bits per heavy atom. The van der Waals surface area contributed by atoms with Gasteiger partial charge in [0, 0.05) is 24.0 Å². The molecule has 1 saturated heterocycles. The Bertz CT molecular complexity index is 745. The third-order valence-electron chi connectivity index (χ3n) is 5.11. The lowest BCUT2D eigenvalue weighted by atomic mass is 9.65. The van der Waals surface area contributed by atoms with Crippen molar-refractivity contribution in [2.24, 2.45) is 15.5 Å². The van der Waals surface area contributed by atoms with Crippen molar-refractivity contribution >= 4 is 40.0 Å². The van der Waals surface area contributed by atoms with Crippen molar-refractivity contribution in [1.29, 1.82) is 0 Å². The van der Waals surface area contributed by atoms with E-state index >= 15 is 0 Å². The van der Waals surface area contributed by atoms with Crippen LogP contribution >= 0.6 is 24.0 Å². The maximum absolute atomic E-state index is 11.5. The summed E-state index contributed by atoms with van der Waals surface area (Å²) in [6.07, 6.45) is 0. The summed E-state index contributed by atoms with van der Waals surface area (Å²) in [5.74, 6) is 0.850. The van der Waals surface area contributed by atoms with Crippen LogP contribution in [0.15, 0.2) is 34.2 Å². The molecule has 6 nitrogen and oxygen atoms in total. The van der Waals surface area contributed by atoms with Crippen molar-refractivity contribution in [2.75, 3.05) is 13.1 Å². The minimum Gasteiger partial charge on any atom is -0.356 e. The SMILES string of the molecule is CCNC(=NCc1cccc(S(N)(=O)=O)c1)N1CC(C)(C)C1(C)C.I. The number of hydrogen-bond donors (Lipinski definition) is 2. The molecule has 0 atom stereocenters. The highest BCUT2D eigenvalue weighted by atomic mass is 127. The Balaban J connectivity index is 0.00000312. The molecule has 8 heteroatoms. The van der Waals surface area contributed by atoms with Gasteiger partial charge in [-0.1, -0.05) is 26.0 Å². The fourth-order valence-electron chi connectivity index (χ4n) is 2.78. The molecule has 3 N–H and O–H groups in total. The fourth-order valence-corrected chi connectivity index (χ4v) is 3.37. The van der Waals surface area contributed by atoms with Crippen LogP contribution in [-0.4, -0.2) is 37.9 Å². The third kappa shape index (κ3) is 4.65. The number of rotatable bonds is 4. The normalized spacial score (nSPS) is 19.0. The molecule has 1 heterocycles. The molecule has 0 radical (unpaired) electrons. The lowest BCUT2D eigenvalue weighted by Crippen LogP contribution is -2.72. The summed E-state index contributed by atoms with van der Waals surface area (Å²) in [4.78, 5) is 7.07. The number of nitrogens with zero attached hydrogens (tertiary/aromatic N) is 2. The summed E-state index contributed by atoms with van der Waals surface area (Å²) in [6, 6.07) is 6.61. The first-order valence-corrected chi connectivity index (χ1v) is 9.71. The topological polar surface area (TPSA) is 87.8 Å². The van der Waals surface area contributed by atoms with E-state index in [2.05, 4.69) is 42.9 Å². The Morgan fingerprint density at radius 1 is 1.32 bits per heavy atom. The number of guanidine groups is 1. The third-order valence-corrected chi connectivity index (χ3v) is 6.02. The molecule has 1 aromatic rings. The predicted molar refractivity (Wildman–Crippen MR) is 113 cm³/mol. The van der Waals surface area contributed by atoms with Crippen LogP contribution in [-0.2, 0) is 16.6 Å². The van der Waals surface area contributed by atoms with Gasteiger partial charge < -0.3 is 10.2 Å². The molecular formula is C17H29IN4O2S. The molecule has 1 aliphatic heterocycles. The van der Waals surface area contributed by atoms with Gasteiger partial charge in [-0.3, -0.25) is 0 Å². The average Bonchev–Trinajstić information content (AvgIpc) is 2.49. The molecule has 1 aromatic carbocycles. The van der Waals surface area contributed by atoms with Crippen molar-refractivity contribution in [3.63, 3.8) is 0 Å². The molecule has 0 unspecified atom stereocenters. The smallest absolute Gasteiger partial charge is 0.238 e. The largest absolute Gasteiger partial charge is 0.356 e. The molecule has 142 valence electrons. The maximum Gasteiger partial charge on any atom is 0.238 e. The number of sulfonamides is 1. The van der Waals surface area contributed by atoms with E-state index in [1.165, 1.54) is 6.07 Å². The summed E-state index contributed by atoms with van der Waals surface area (Å²) in [6.45, 7) is 13.1. The summed E-state index contributed by atoms with van der Waals surface area (Å²) in [7, 11) is -3.69. The van der Waals surface area contributed by atoms with Crippen LogP contribution in [0.3, 0.4) is 0 Å². The van der Waals surface area contributed by atoms with Crippen LogP contribution in [0.1, 0.15) is 40.2 Å². The van der Waals surface area contributed by atoms with E-state index in [0.717, 1.165) is 24.6 Å². The van der Waals surface area contributed by atoms with Crippen LogP contribution in [0.2, 0.25) is 0 Å². The number of aliphatic imine (C=N–C) groups is 1. The zero-order chi connectivity index (χ0) is 18.2. The lowest BCUT2D eigenvalue weighted by molar-refractivity contribution is -0.0667. The standard InChI is InChI=1S/C17H28N4O2S.HI/c1-6-19-15(21-12-16(2,3)17(21,4)5)20-11-13-8-7-9-14(10-13)24(18,22)23;/h7-10H,6,11-12H2,1-5H3,(H,19,20)(H2,18,22,23);1H. The van der Waals surface area contributed by atoms with Gasteiger partial charge in [0.25, 0.3) is 0 Å². The first kappa shape index (κ1) is 22.2. The molecule has 0 amide bonds. The summed E-state index contributed by atoms with van der Waals surface area (Å²) in [5.41, 5.74) is 1.04. The van der Waals surface area contributed by atoms with E-state index in [1.807, 2.05) is 13.0 Å². The first-order chi connectivity index (χ1) is 11.0. The van der Waals surface area contributed by atoms with Gasteiger partial charge in [0.1, 0.15) is 0 Å². The molecule has 1 aliphatic rings. The Morgan fingerprint density at radius 3 is 2.44 bits per heavy atom. The second-order valence-corrected chi connectivity index (χ2v) is 8.95. The quantitative estimate of drug-likeness (QED) is 0.394. The second-order valence-electron chi connectivity index (χ2n) is 7.39. The van der Waals surface area contributed by atoms with Crippen molar-refractivity contribution < 1.29 is 8.42 Å². The van der Waals surface area contributed by atoms with Gasteiger partial charge in [-0.25, -0.2) is 18.5 Å². The number of nitrogens with two attached hydrogens (primary N) is 1. The van der Waals surface area contributed by atoms with E-state index in [9.17, 15) is 8.42 Å². The Hall–Kier alpha value is -0.870. The molecule has 0 bridgehead atoms. The Kier molecular flexibility index (Phi) is 6.91. The van der Waals surface area contributed by atoms with Crippen molar-refractivity contribution in [2.45, 2.75) is 51.6 Å². The van der Waals surface area contributed by atoms with E-state index in [4.69, 9.17) is 5.14 Å². The molecule has 0 saturated carbocycles. The maximum atomic E-state index is 11.5. The minimum absolute atomic E-state index is 0. The highest BCUT2D eigenvalue weighted by Crippen LogP contribution is 2.46. The number of benzene rings is 1. The van der Waals surface area contributed by atoms with Crippen molar-refractivity contribution in [3.8, 4) is 0 Å². The second kappa shape index (κ2) is 7.79. The van der Waals surface area contributed by atoms with Gasteiger partial charge in [-0.15, -0.1) is 24.0 Å². The number of halogens is 1. The zero-order valence-corrected chi connectivity index (χ0v) is 18.7. The van der Waals surface area contributed by atoms with Gasteiger partial charge in [0.2, 0.25) is 10.0 Å². The summed E-state index contributed by atoms with van der Waals surface area (Å²) >= 11 is 0. The van der Waals surface area contributed by atoms with Crippen LogP contribution in [0.5, 0.6) is 0 Å². The highest BCUT2D eigenvalue weighted by molar-refractivity contribution is 14.0.